The second kappa shape index (κ2) is 6.18. The Hall–Kier alpha value is -2.01. The van der Waals surface area contributed by atoms with E-state index in [4.69, 9.17) is 9.47 Å². The molecule has 2 aromatic rings. The molecule has 1 N–H and O–H groups in total. The van der Waals surface area contributed by atoms with E-state index in [-0.39, 0.29) is 0 Å². The third kappa shape index (κ3) is 3.55. The van der Waals surface area contributed by atoms with Gasteiger partial charge in [0.15, 0.2) is 0 Å². The predicted octanol–water partition coefficient (Wildman–Crippen LogP) is 2.26. The topological polar surface area (TPSA) is 48.3 Å². The molecule has 0 unspecified atom stereocenters. The van der Waals surface area contributed by atoms with Gasteiger partial charge >= 0.3 is 0 Å². The van der Waals surface area contributed by atoms with Crippen LogP contribution >= 0.6 is 0 Å². The first-order valence-corrected chi connectivity index (χ1v) is 7.25. The van der Waals surface area contributed by atoms with Gasteiger partial charge in [0.1, 0.15) is 23.9 Å². The first kappa shape index (κ1) is 13.9. The number of hydrogen-bond donors (Lipinski definition) is 1. The van der Waals surface area contributed by atoms with E-state index in [1.165, 1.54) is 12.8 Å². The number of ether oxygens (including phenoxy) is 2. The van der Waals surface area contributed by atoms with Gasteiger partial charge in [-0.05, 0) is 18.9 Å². The normalized spacial score (nSPS) is 14.2. The fourth-order valence-corrected chi connectivity index (χ4v) is 2.16. The molecule has 0 atom stereocenters. The summed E-state index contributed by atoms with van der Waals surface area (Å²) >= 11 is 0. The molecule has 5 nitrogen and oxygen atoms in total. The summed E-state index contributed by atoms with van der Waals surface area (Å²) in [7, 11) is 3.63. The summed E-state index contributed by atoms with van der Waals surface area (Å²) in [5.41, 5.74) is 1.15. The summed E-state index contributed by atoms with van der Waals surface area (Å²) in [4.78, 5) is 4.28. The Morgan fingerprint density at radius 1 is 1.38 bits per heavy atom. The van der Waals surface area contributed by atoms with Crippen LogP contribution in [0.2, 0.25) is 0 Å². The van der Waals surface area contributed by atoms with Crippen LogP contribution < -0.4 is 14.8 Å². The number of methoxy groups -OCH3 is 1. The molecular weight excluding hydrogens is 266 g/mol. The molecule has 0 amide bonds. The highest BCUT2D eigenvalue weighted by Crippen LogP contribution is 2.27. The van der Waals surface area contributed by atoms with Crippen LogP contribution in [-0.2, 0) is 20.2 Å². The number of benzene rings is 1. The van der Waals surface area contributed by atoms with Crippen molar-refractivity contribution in [2.45, 2.75) is 32.0 Å². The Morgan fingerprint density at radius 3 is 2.90 bits per heavy atom. The summed E-state index contributed by atoms with van der Waals surface area (Å²) < 4.78 is 13.2. The Kier molecular flexibility index (Phi) is 4.10. The molecular formula is C16H21N3O2. The van der Waals surface area contributed by atoms with Gasteiger partial charge < -0.3 is 19.4 Å². The minimum absolute atomic E-state index is 0.451. The minimum atomic E-state index is 0.451. The van der Waals surface area contributed by atoms with Crippen molar-refractivity contribution >= 4 is 0 Å². The molecule has 1 saturated carbocycles. The van der Waals surface area contributed by atoms with Crippen LogP contribution in [0.1, 0.15) is 24.2 Å². The smallest absolute Gasteiger partial charge is 0.146 e. The lowest BCUT2D eigenvalue weighted by Gasteiger charge is -2.13. The van der Waals surface area contributed by atoms with Crippen LogP contribution in [0.4, 0.5) is 0 Å². The van der Waals surface area contributed by atoms with Gasteiger partial charge in [0.2, 0.25) is 0 Å². The number of aryl methyl sites for hydroxylation is 1. The Labute approximate surface area is 124 Å². The zero-order valence-corrected chi connectivity index (χ0v) is 12.5. The van der Waals surface area contributed by atoms with Crippen molar-refractivity contribution in [1.82, 2.24) is 14.9 Å². The average molecular weight is 287 g/mol. The largest absolute Gasteiger partial charge is 0.497 e. The summed E-state index contributed by atoms with van der Waals surface area (Å²) in [6, 6.07) is 6.64. The van der Waals surface area contributed by atoms with E-state index in [1.54, 1.807) is 13.3 Å². The molecule has 0 bridgehead atoms. The number of rotatable bonds is 7. The molecule has 1 heterocycles. The van der Waals surface area contributed by atoms with E-state index in [1.807, 2.05) is 29.9 Å². The maximum atomic E-state index is 5.95. The Bertz CT molecular complexity index is 605. The molecule has 5 heteroatoms. The van der Waals surface area contributed by atoms with Crippen molar-refractivity contribution in [2.24, 2.45) is 7.05 Å². The molecule has 1 aromatic heterocycles. The van der Waals surface area contributed by atoms with Crippen LogP contribution in [0, 0.1) is 0 Å². The highest BCUT2D eigenvalue weighted by molar-refractivity contribution is 5.40. The Morgan fingerprint density at radius 2 is 2.24 bits per heavy atom. The zero-order chi connectivity index (χ0) is 14.7. The van der Waals surface area contributed by atoms with Gasteiger partial charge in [0.05, 0.1) is 7.11 Å². The SMILES string of the molecule is COc1ccc(CNC2CC2)c(OCc2nccn2C)c1. The first-order chi connectivity index (χ1) is 10.3. The fourth-order valence-electron chi connectivity index (χ4n) is 2.16. The molecule has 0 saturated heterocycles. The molecule has 1 fully saturated rings. The summed E-state index contributed by atoms with van der Waals surface area (Å²) in [6.07, 6.45) is 6.25. The number of nitrogens with zero attached hydrogens (tertiary/aromatic N) is 2. The van der Waals surface area contributed by atoms with E-state index in [9.17, 15) is 0 Å². The lowest BCUT2D eigenvalue weighted by molar-refractivity contribution is 0.286. The summed E-state index contributed by atoms with van der Waals surface area (Å²) in [5.74, 6) is 2.56. The lowest BCUT2D eigenvalue weighted by Crippen LogP contribution is -2.16. The maximum absolute atomic E-state index is 5.95. The molecule has 1 aliphatic rings. The van der Waals surface area contributed by atoms with E-state index in [0.717, 1.165) is 29.4 Å². The van der Waals surface area contributed by atoms with E-state index >= 15 is 0 Å². The minimum Gasteiger partial charge on any atom is -0.497 e. The van der Waals surface area contributed by atoms with Gasteiger partial charge in [0, 0.05) is 43.7 Å². The van der Waals surface area contributed by atoms with Crippen LogP contribution in [-0.4, -0.2) is 22.7 Å². The van der Waals surface area contributed by atoms with Crippen LogP contribution in [0.25, 0.3) is 0 Å². The lowest BCUT2D eigenvalue weighted by atomic mass is 10.2. The van der Waals surface area contributed by atoms with Gasteiger partial charge in [-0.2, -0.15) is 0 Å². The second-order valence-corrected chi connectivity index (χ2v) is 5.37. The number of nitrogens with one attached hydrogen (secondary N) is 1. The monoisotopic (exact) mass is 287 g/mol. The third-order valence-electron chi connectivity index (χ3n) is 3.71. The van der Waals surface area contributed by atoms with Gasteiger partial charge in [-0.1, -0.05) is 6.07 Å². The molecule has 112 valence electrons. The zero-order valence-electron chi connectivity index (χ0n) is 12.5. The van der Waals surface area contributed by atoms with Gasteiger partial charge in [-0.3, -0.25) is 0 Å². The van der Waals surface area contributed by atoms with E-state index in [0.29, 0.717) is 12.6 Å². The molecule has 1 aromatic carbocycles. The summed E-state index contributed by atoms with van der Waals surface area (Å²) in [6.45, 7) is 1.28. The van der Waals surface area contributed by atoms with E-state index in [2.05, 4.69) is 16.4 Å². The molecule has 1 aliphatic carbocycles. The molecule has 21 heavy (non-hydrogen) atoms. The predicted molar refractivity (Wildman–Crippen MR) is 80.4 cm³/mol. The number of aromatic nitrogens is 2. The summed E-state index contributed by atoms with van der Waals surface area (Å²) in [5, 5.41) is 3.51. The van der Waals surface area contributed by atoms with Crippen molar-refractivity contribution in [1.29, 1.82) is 0 Å². The highest BCUT2D eigenvalue weighted by atomic mass is 16.5. The average Bonchev–Trinajstić information content (AvgIpc) is 3.25. The second-order valence-electron chi connectivity index (χ2n) is 5.37. The number of hydrogen-bond acceptors (Lipinski definition) is 4. The van der Waals surface area contributed by atoms with Gasteiger partial charge in [0.25, 0.3) is 0 Å². The standard InChI is InChI=1S/C16H21N3O2/c1-19-8-7-17-16(19)11-21-15-9-14(20-2)6-3-12(15)10-18-13-4-5-13/h3,6-9,13,18H,4-5,10-11H2,1-2H3. The molecule has 3 rings (SSSR count). The maximum Gasteiger partial charge on any atom is 0.146 e. The van der Waals surface area contributed by atoms with Crippen molar-refractivity contribution in [3.8, 4) is 11.5 Å². The highest BCUT2D eigenvalue weighted by Gasteiger charge is 2.20. The fraction of sp³-hybridized carbons (Fsp3) is 0.438. The van der Waals surface area contributed by atoms with Crippen LogP contribution in [0.3, 0.4) is 0 Å². The van der Waals surface area contributed by atoms with Gasteiger partial charge in [-0.25, -0.2) is 4.98 Å². The number of imidazole rings is 1. The van der Waals surface area contributed by atoms with Crippen LogP contribution in [0.15, 0.2) is 30.6 Å². The van der Waals surface area contributed by atoms with E-state index < -0.39 is 0 Å². The van der Waals surface area contributed by atoms with Crippen LogP contribution in [0.5, 0.6) is 11.5 Å². The molecule has 0 radical (unpaired) electrons. The quantitative estimate of drug-likeness (QED) is 0.848. The molecule has 0 spiro atoms. The third-order valence-corrected chi connectivity index (χ3v) is 3.71. The Balaban J connectivity index is 1.71. The van der Waals surface area contributed by atoms with Crippen molar-refractivity contribution in [3.63, 3.8) is 0 Å². The van der Waals surface area contributed by atoms with Gasteiger partial charge in [-0.15, -0.1) is 0 Å². The molecule has 0 aliphatic heterocycles. The van der Waals surface area contributed by atoms with Crippen molar-refractivity contribution in [3.05, 3.63) is 42.0 Å². The first-order valence-electron chi connectivity index (χ1n) is 7.25. The van der Waals surface area contributed by atoms with Crippen molar-refractivity contribution in [2.75, 3.05) is 7.11 Å². The van der Waals surface area contributed by atoms with Crippen molar-refractivity contribution < 1.29 is 9.47 Å².